The standard InChI is InChI=1S/C15H16N2O3/c1-2-7-20-15(19)12-3-5-13(6-4-12)17-10-11(9-16)8-14(17)18/h3-6,11H,2,7-8,10H2,1H3. The summed E-state index contributed by atoms with van der Waals surface area (Å²) in [6.07, 6.45) is 1.04. The van der Waals surface area contributed by atoms with E-state index in [1.54, 1.807) is 29.2 Å². The second-order valence-electron chi connectivity index (χ2n) is 4.72. The third kappa shape index (κ3) is 2.97. The maximum Gasteiger partial charge on any atom is 0.338 e. The van der Waals surface area contributed by atoms with Gasteiger partial charge >= 0.3 is 5.97 Å². The molecule has 1 fully saturated rings. The van der Waals surface area contributed by atoms with Crippen LogP contribution in [-0.4, -0.2) is 25.0 Å². The molecule has 0 bridgehead atoms. The van der Waals surface area contributed by atoms with E-state index in [4.69, 9.17) is 10.00 Å². The van der Waals surface area contributed by atoms with E-state index >= 15 is 0 Å². The van der Waals surface area contributed by atoms with Crippen molar-refractivity contribution in [1.29, 1.82) is 5.26 Å². The van der Waals surface area contributed by atoms with Gasteiger partial charge in [0.2, 0.25) is 5.91 Å². The molecule has 0 spiro atoms. The second kappa shape index (κ2) is 6.20. The van der Waals surface area contributed by atoms with E-state index in [1.165, 1.54) is 0 Å². The van der Waals surface area contributed by atoms with Gasteiger partial charge in [0.05, 0.1) is 24.2 Å². The lowest BCUT2D eigenvalue weighted by molar-refractivity contribution is -0.117. The van der Waals surface area contributed by atoms with Gasteiger partial charge in [-0.1, -0.05) is 6.92 Å². The van der Waals surface area contributed by atoms with Gasteiger partial charge < -0.3 is 9.64 Å². The quantitative estimate of drug-likeness (QED) is 0.787. The molecule has 1 heterocycles. The summed E-state index contributed by atoms with van der Waals surface area (Å²) in [7, 11) is 0. The maximum absolute atomic E-state index is 11.8. The van der Waals surface area contributed by atoms with Crippen LogP contribution < -0.4 is 4.90 Å². The van der Waals surface area contributed by atoms with Crippen molar-refractivity contribution in [2.75, 3.05) is 18.1 Å². The molecule has 1 aromatic rings. The van der Waals surface area contributed by atoms with Crippen molar-refractivity contribution in [2.24, 2.45) is 5.92 Å². The first kappa shape index (κ1) is 14.1. The topological polar surface area (TPSA) is 70.4 Å². The van der Waals surface area contributed by atoms with Gasteiger partial charge in [-0.15, -0.1) is 0 Å². The Morgan fingerprint density at radius 2 is 2.15 bits per heavy atom. The number of amides is 1. The van der Waals surface area contributed by atoms with Gasteiger partial charge in [-0.25, -0.2) is 4.79 Å². The van der Waals surface area contributed by atoms with Crippen LogP contribution in [0.5, 0.6) is 0 Å². The Bertz CT molecular complexity index is 545. The van der Waals surface area contributed by atoms with Gasteiger partial charge in [-0.2, -0.15) is 5.26 Å². The SMILES string of the molecule is CCCOC(=O)c1ccc(N2CC(C#N)CC2=O)cc1. The van der Waals surface area contributed by atoms with Gasteiger partial charge in [-0.3, -0.25) is 4.79 Å². The van der Waals surface area contributed by atoms with Crippen molar-refractivity contribution >= 4 is 17.6 Å². The van der Waals surface area contributed by atoms with Crippen molar-refractivity contribution in [2.45, 2.75) is 19.8 Å². The van der Waals surface area contributed by atoms with E-state index in [9.17, 15) is 9.59 Å². The number of ether oxygens (including phenoxy) is 1. The van der Waals surface area contributed by atoms with Crippen LogP contribution in [-0.2, 0) is 9.53 Å². The lowest BCUT2D eigenvalue weighted by Crippen LogP contribution is -2.24. The first-order valence-corrected chi connectivity index (χ1v) is 6.63. The highest BCUT2D eigenvalue weighted by atomic mass is 16.5. The number of carbonyl (C=O) groups excluding carboxylic acids is 2. The second-order valence-corrected chi connectivity index (χ2v) is 4.72. The van der Waals surface area contributed by atoms with Gasteiger partial charge in [0.25, 0.3) is 0 Å². The predicted octanol–water partition coefficient (Wildman–Crippen LogP) is 2.13. The summed E-state index contributed by atoms with van der Waals surface area (Å²) >= 11 is 0. The van der Waals surface area contributed by atoms with E-state index in [-0.39, 0.29) is 24.2 Å². The number of benzene rings is 1. The maximum atomic E-state index is 11.8. The van der Waals surface area contributed by atoms with Crippen LogP contribution in [0.25, 0.3) is 0 Å². The number of rotatable bonds is 4. The van der Waals surface area contributed by atoms with Crippen molar-refractivity contribution in [1.82, 2.24) is 0 Å². The Morgan fingerprint density at radius 1 is 1.45 bits per heavy atom. The highest BCUT2D eigenvalue weighted by Gasteiger charge is 2.30. The fraction of sp³-hybridized carbons (Fsp3) is 0.400. The Balaban J connectivity index is 2.07. The first-order valence-electron chi connectivity index (χ1n) is 6.63. The number of hydrogen-bond donors (Lipinski definition) is 0. The number of nitrogens with zero attached hydrogens (tertiary/aromatic N) is 2. The number of hydrogen-bond acceptors (Lipinski definition) is 4. The lowest BCUT2D eigenvalue weighted by Gasteiger charge is -2.16. The van der Waals surface area contributed by atoms with Gasteiger partial charge in [0, 0.05) is 18.7 Å². The molecule has 2 rings (SSSR count). The minimum Gasteiger partial charge on any atom is -0.462 e. The summed E-state index contributed by atoms with van der Waals surface area (Å²) in [5.74, 6) is -0.671. The number of anilines is 1. The van der Waals surface area contributed by atoms with E-state index in [0.29, 0.717) is 24.4 Å². The Morgan fingerprint density at radius 3 is 2.70 bits per heavy atom. The number of esters is 1. The van der Waals surface area contributed by atoms with Crippen LogP contribution in [0.15, 0.2) is 24.3 Å². The molecule has 104 valence electrons. The summed E-state index contributed by atoms with van der Waals surface area (Å²) in [6, 6.07) is 8.81. The minimum absolute atomic E-state index is 0.0575. The molecule has 1 saturated heterocycles. The van der Waals surface area contributed by atoms with Crippen LogP contribution in [0.2, 0.25) is 0 Å². The summed E-state index contributed by atoms with van der Waals surface area (Å²) in [6.45, 7) is 2.74. The van der Waals surface area contributed by atoms with Crippen LogP contribution >= 0.6 is 0 Å². The highest BCUT2D eigenvalue weighted by Crippen LogP contribution is 2.25. The van der Waals surface area contributed by atoms with E-state index in [0.717, 1.165) is 6.42 Å². The minimum atomic E-state index is -0.360. The van der Waals surface area contributed by atoms with Crippen LogP contribution in [0.3, 0.4) is 0 Å². The Labute approximate surface area is 117 Å². The van der Waals surface area contributed by atoms with Gasteiger partial charge in [0.15, 0.2) is 0 Å². The average molecular weight is 272 g/mol. The van der Waals surface area contributed by atoms with Crippen LogP contribution in [0.1, 0.15) is 30.1 Å². The third-order valence-corrected chi connectivity index (χ3v) is 3.16. The molecule has 0 radical (unpaired) electrons. The summed E-state index contributed by atoms with van der Waals surface area (Å²) in [4.78, 5) is 25.0. The molecule has 0 saturated carbocycles. The van der Waals surface area contributed by atoms with Crippen molar-refractivity contribution in [3.05, 3.63) is 29.8 Å². The summed E-state index contributed by atoms with van der Waals surface area (Å²) < 4.78 is 5.04. The van der Waals surface area contributed by atoms with E-state index in [1.807, 2.05) is 6.92 Å². The molecule has 1 amide bonds. The molecule has 20 heavy (non-hydrogen) atoms. The van der Waals surface area contributed by atoms with E-state index < -0.39 is 0 Å². The molecule has 1 aliphatic heterocycles. The zero-order valence-corrected chi connectivity index (χ0v) is 11.3. The van der Waals surface area contributed by atoms with Crippen LogP contribution in [0, 0.1) is 17.2 Å². The predicted molar refractivity (Wildman–Crippen MR) is 73.1 cm³/mol. The molecule has 1 atom stereocenters. The zero-order valence-electron chi connectivity index (χ0n) is 11.3. The molecule has 5 heteroatoms. The Hall–Kier alpha value is -2.35. The van der Waals surface area contributed by atoms with E-state index in [2.05, 4.69) is 6.07 Å². The molecule has 0 aromatic heterocycles. The van der Waals surface area contributed by atoms with Crippen LogP contribution in [0.4, 0.5) is 5.69 Å². The van der Waals surface area contributed by atoms with Gasteiger partial charge in [-0.05, 0) is 30.7 Å². The molecular weight excluding hydrogens is 256 g/mol. The van der Waals surface area contributed by atoms with Gasteiger partial charge in [0.1, 0.15) is 0 Å². The smallest absolute Gasteiger partial charge is 0.338 e. The van der Waals surface area contributed by atoms with Crippen molar-refractivity contribution in [3.8, 4) is 6.07 Å². The number of nitriles is 1. The fourth-order valence-corrected chi connectivity index (χ4v) is 2.10. The fourth-order valence-electron chi connectivity index (χ4n) is 2.10. The molecular formula is C15H16N2O3. The average Bonchev–Trinajstić information content (AvgIpc) is 2.86. The Kier molecular flexibility index (Phi) is 4.36. The molecule has 1 aliphatic rings. The molecule has 5 nitrogen and oxygen atoms in total. The lowest BCUT2D eigenvalue weighted by atomic mass is 10.1. The molecule has 0 N–H and O–H groups in total. The van der Waals surface area contributed by atoms with Crippen molar-refractivity contribution in [3.63, 3.8) is 0 Å². The third-order valence-electron chi connectivity index (χ3n) is 3.16. The largest absolute Gasteiger partial charge is 0.462 e. The number of carbonyl (C=O) groups is 2. The highest BCUT2D eigenvalue weighted by molar-refractivity contribution is 5.97. The van der Waals surface area contributed by atoms with Crippen molar-refractivity contribution < 1.29 is 14.3 Å². The normalized spacial score (nSPS) is 17.9. The summed E-state index contributed by atoms with van der Waals surface area (Å²) in [5.41, 5.74) is 1.17. The molecule has 1 unspecified atom stereocenters. The first-order chi connectivity index (χ1) is 9.65. The molecule has 0 aliphatic carbocycles. The monoisotopic (exact) mass is 272 g/mol. The molecule has 1 aromatic carbocycles. The summed E-state index contributed by atoms with van der Waals surface area (Å²) in [5, 5.41) is 8.86. The zero-order chi connectivity index (χ0) is 14.5.